The van der Waals surface area contributed by atoms with E-state index in [-0.39, 0.29) is 5.91 Å². The summed E-state index contributed by atoms with van der Waals surface area (Å²) >= 11 is 0. The van der Waals surface area contributed by atoms with E-state index in [0.717, 1.165) is 19.3 Å². The standard InChI is InChI=1S/C9H18N2O2/c1-3-5-10-9(13)8-11(2)6-4-7-12/h7H,3-6,8H2,1-2H3,(H,10,13). The van der Waals surface area contributed by atoms with E-state index >= 15 is 0 Å². The predicted octanol–water partition coefficient (Wildman–Crippen LogP) is 0.0334. The highest BCUT2D eigenvalue weighted by Gasteiger charge is 2.04. The summed E-state index contributed by atoms with van der Waals surface area (Å²) in [5, 5.41) is 2.77. The van der Waals surface area contributed by atoms with Crippen molar-refractivity contribution in [1.82, 2.24) is 10.2 Å². The molecule has 0 fully saturated rings. The molecule has 0 aliphatic rings. The minimum absolute atomic E-state index is 0.0234. The number of hydrogen-bond donors (Lipinski definition) is 1. The molecule has 0 atom stereocenters. The summed E-state index contributed by atoms with van der Waals surface area (Å²) in [7, 11) is 1.83. The van der Waals surface area contributed by atoms with Crippen LogP contribution in [0.5, 0.6) is 0 Å². The molecule has 0 spiro atoms. The molecule has 0 bridgehead atoms. The second kappa shape index (κ2) is 7.73. The zero-order chi connectivity index (χ0) is 10.1. The molecule has 0 aliphatic heterocycles. The van der Waals surface area contributed by atoms with Gasteiger partial charge in [-0.25, -0.2) is 0 Å². The number of aldehydes is 1. The van der Waals surface area contributed by atoms with Crippen molar-refractivity contribution >= 4 is 12.2 Å². The lowest BCUT2D eigenvalue weighted by Crippen LogP contribution is -2.35. The van der Waals surface area contributed by atoms with Gasteiger partial charge in [0.2, 0.25) is 5.91 Å². The highest BCUT2D eigenvalue weighted by molar-refractivity contribution is 5.77. The van der Waals surface area contributed by atoms with Crippen molar-refractivity contribution in [2.75, 3.05) is 26.7 Å². The van der Waals surface area contributed by atoms with Gasteiger partial charge in [-0.3, -0.25) is 9.69 Å². The summed E-state index contributed by atoms with van der Waals surface area (Å²) in [5.74, 6) is 0.0234. The molecule has 0 saturated carbocycles. The molecule has 4 nitrogen and oxygen atoms in total. The highest BCUT2D eigenvalue weighted by atomic mass is 16.2. The largest absolute Gasteiger partial charge is 0.355 e. The van der Waals surface area contributed by atoms with Gasteiger partial charge < -0.3 is 10.1 Å². The second-order valence-electron chi connectivity index (χ2n) is 3.04. The van der Waals surface area contributed by atoms with Gasteiger partial charge in [-0.1, -0.05) is 6.92 Å². The predicted molar refractivity (Wildman–Crippen MR) is 51.5 cm³/mol. The maximum absolute atomic E-state index is 11.1. The van der Waals surface area contributed by atoms with Crippen LogP contribution in [0.25, 0.3) is 0 Å². The van der Waals surface area contributed by atoms with E-state index in [2.05, 4.69) is 5.32 Å². The molecule has 0 saturated heterocycles. The maximum atomic E-state index is 11.1. The number of likely N-dealkylation sites (N-methyl/N-ethyl adjacent to an activating group) is 1. The Kier molecular flexibility index (Phi) is 7.20. The first-order valence-corrected chi connectivity index (χ1v) is 4.59. The maximum Gasteiger partial charge on any atom is 0.234 e. The molecule has 0 radical (unpaired) electrons. The number of rotatable bonds is 7. The van der Waals surface area contributed by atoms with Crippen LogP contribution in [0.15, 0.2) is 0 Å². The average molecular weight is 186 g/mol. The Labute approximate surface area is 79.3 Å². The molecule has 0 heterocycles. The molecule has 0 unspecified atom stereocenters. The molecule has 13 heavy (non-hydrogen) atoms. The molecule has 0 aromatic rings. The van der Waals surface area contributed by atoms with Gasteiger partial charge in [-0.2, -0.15) is 0 Å². The van der Waals surface area contributed by atoms with Gasteiger partial charge in [0.1, 0.15) is 6.29 Å². The molecular formula is C9H18N2O2. The van der Waals surface area contributed by atoms with E-state index < -0.39 is 0 Å². The summed E-state index contributed by atoms with van der Waals surface area (Å²) in [6, 6.07) is 0. The zero-order valence-corrected chi connectivity index (χ0v) is 8.38. The van der Waals surface area contributed by atoms with Crippen molar-refractivity contribution in [3.63, 3.8) is 0 Å². The first-order chi connectivity index (χ1) is 6.20. The number of nitrogens with one attached hydrogen (secondary N) is 1. The summed E-state index contributed by atoms with van der Waals surface area (Å²) in [6.07, 6.45) is 2.29. The summed E-state index contributed by atoms with van der Waals surface area (Å²) in [4.78, 5) is 23.0. The van der Waals surface area contributed by atoms with Gasteiger partial charge in [-0.05, 0) is 13.5 Å². The molecule has 1 amide bonds. The quantitative estimate of drug-likeness (QED) is 0.571. The third kappa shape index (κ3) is 7.46. The first-order valence-electron chi connectivity index (χ1n) is 4.59. The Bertz CT molecular complexity index is 160. The van der Waals surface area contributed by atoms with E-state index in [4.69, 9.17) is 0 Å². The smallest absolute Gasteiger partial charge is 0.234 e. The number of hydrogen-bond acceptors (Lipinski definition) is 3. The van der Waals surface area contributed by atoms with Crippen LogP contribution < -0.4 is 5.32 Å². The lowest BCUT2D eigenvalue weighted by atomic mass is 10.4. The van der Waals surface area contributed by atoms with E-state index in [1.54, 1.807) is 0 Å². The third-order valence-electron chi connectivity index (χ3n) is 1.61. The van der Waals surface area contributed by atoms with Crippen LogP contribution in [0.4, 0.5) is 0 Å². The van der Waals surface area contributed by atoms with Crippen molar-refractivity contribution in [3.8, 4) is 0 Å². The van der Waals surface area contributed by atoms with Gasteiger partial charge in [0.15, 0.2) is 0 Å². The van der Waals surface area contributed by atoms with E-state index in [0.29, 0.717) is 19.5 Å². The minimum Gasteiger partial charge on any atom is -0.355 e. The normalized spacial score (nSPS) is 10.1. The molecule has 0 aliphatic carbocycles. The summed E-state index contributed by atoms with van der Waals surface area (Å²) in [6.45, 7) is 3.74. The number of carbonyl (C=O) groups is 2. The molecule has 0 aromatic carbocycles. The van der Waals surface area contributed by atoms with Crippen LogP contribution in [0, 0.1) is 0 Å². The second-order valence-corrected chi connectivity index (χ2v) is 3.04. The van der Waals surface area contributed by atoms with Gasteiger partial charge in [-0.15, -0.1) is 0 Å². The van der Waals surface area contributed by atoms with E-state index in [1.165, 1.54) is 0 Å². The number of nitrogens with zero attached hydrogens (tertiary/aromatic N) is 1. The minimum atomic E-state index is 0.0234. The van der Waals surface area contributed by atoms with Crippen molar-refractivity contribution in [3.05, 3.63) is 0 Å². The Hall–Kier alpha value is -0.900. The molecule has 76 valence electrons. The zero-order valence-electron chi connectivity index (χ0n) is 8.38. The fraction of sp³-hybridized carbons (Fsp3) is 0.778. The monoisotopic (exact) mass is 186 g/mol. The summed E-state index contributed by atoms with van der Waals surface area (Å²) in [5.41, 5.74) is 0. The number of amides is 1. The lowest BCUT2D eigenvalue weighted by molar-refractivity contribution is -0.122. The summed E-state index contributed by atoms with van der Waals surface area (Å²) < 4.78 is 0. The third-order valence-corrected chi connectivity index (χ3v) is 1.61. The van der Waals surface area contributed by atoms with Gasteiger partial charge in [0.25, 0.3) is 0 Å². The van der Waals surface area contributed by atoms with Crippen molar-refractivity contribution in [1.29, 1.82) is 0 Å². The van der Waals surface area contributed by atoms with Gasteiger partial charge in [0, 0.05) is 19.5 Å². The van der Waals surface area contributed by atoms with Crippen molar-refractivity contribution in [2.45, 2.75) is 19.8 Å². The van der Waals surface area contributed by atoms with Crippen LogP contribution in [-0.4, -0.2) is 43.8 Å². The Balaban J connectivity index is 3.46. The van der Waals surface area contributed by atoms with Crippen LogP contribution in [0.2, 0.25) is 0 Å². The van der Waals surface area contributed by atoms with Crippen molar-refractivity contribution in [2.24, 2.45) is 0 Å². The molecule has 4 heteroatoms. The molecular weight excluding hydrogens is 168 g/mol. The lowest BCUT2D eigenvalue weighted by Gasteiger charge is -2.14. The number of carbonyl (C=O) groups excluding carboxylic acids is 2. The van der Waals surface area contributed by atoms with Crippen molar-refractivity contribution < 1.29 is 9.59 Å². The Morgan fingerprint density at radius 3 is 2.77 bits per heavy atom. The van der Waals surface area contributed by atoms with Crippen LogP contribution >= 0.6 is 0 Å². The first kappa shape index (κ1) is 12.1. The van der Waals surface area contributed by atoms with Gasteiger partial charge in [0.05, 0.1) is 6.54 Å². The topological polar surface area (TPSA) is 49.4 Å². The SMILES string of the molecule is CCCNC(=O)CN(C)CCC=O. The average Bonchev–Trinajstić information content (AvgIpc) is 2.11. The molecule has 1 N–H and O–H groups in total. The van der Waals surface area contributed by atoms with Gasteiger partial charge >= 0.3 is 0 Å². The fourth-order valence-corrected chi connectivity index (χ4v) is 0.918. The molecule has 0 rings (SSSR count). The van der Waals surface area contributed by atoms with Crippen LogP contribution in [0.1, 0.15) is 19.8 Å². The molecule has 0 aromatic heterocycles. The van der Waals surface area contributed by atoms with Crippen LogP contribution in [-0.2, 0) is 9.59 Å². The Morgan fingerprint density at radius 2 is 2.23 bits per heavy atom. The van der Waals surface area contributed by atoms with Crippen LogP contribution in [0.3, 0.4) is 0 Å². The highest BCUT2D eigenvalue weighted by Crippen LogP contribution is 1.84. The fourth-order valence-electron chi connectivity index (χ4n) is 0.918. The van der Waals surface area contributed by atoms with E-state index in [9.17, 15) is 9.59 Å². The Morgan fingerprint density at radius 1 is 1.54 bits per heavy atom. The van der Waals surface area contributed by atoms with E-state index in [1.807, 2.05) is 18.9 Å².